The molecule has 0 bridgehead atoms. The Balaban J connectivity index is 1.41. The van der Waals surface area contributed by atoms with Gasteiger partial charge >= 0.3 is 5.97 Å². The zero-order chi connectivity index (χ0) is 26.9. The fourth-order valence-corrected chi connectivity index (χ4v) is 3.78. The Morgan fingerprint density at radius 1 is 0.865 bits per heavy atom. The van der Waals surface area contributed by atoms with Gasteiger partial charge in [0.05, 0.1) is 12.2 Å². The molecule has 3 aromatic rings. The van der Waals surface area contributed by atoms with E-state index in [2.05, 4.69) is 25.8 Å². The predicted molar refractivity (Wildman–Crippen MR) is 142 cm³/mol. The second-order valence-corrected chi connectivity index (χ2v) is 9.51. The largest absolute Gasteiger partial charge is 0.456 e. The molecule has 1 aromatic heterocycles. The summed E-state index contributed by atoms with van der Waals surface area (Å²) in [5.41, 5.74) is 5.20. The number of aromatic amines is 1. The smallest absolute Gasteiger partial charge is 0.306 e. The molecule has 0 fully saturated rings. The maximum Gasteiger partial charge on any atom is 0.306 e. The van der Waals surface area contributed by atoms with Crippen LogP contribution < -0.4 is 16.2 Å². The first kappa shape index (κ1) is 27.6. The maximum absolute atomic E-state index is 12.3. The highest BCUT2D eigenvalue weighted by atomic mass is 32.2. The number of rotatable bonds is 10. The lowest BCUT2D eigenvalue weighted by atomic mass is 10.1. The summed E-state index contributed by atoms with van der Waals surface area (Å²) in [6.45, 7) is 7.42. The summed E-state index contributed by atoms with van der Waals surface area (Å²) < 4.78 is 4.98. The minimum atomic E-state index is -0.641. The minimum absolute atomic E-state index is 0.00183. The molecule has 0 saturated heterocycles. The van der Waals surface area contributed by atoms with E-state index in [9.17, 15) is 19.2 Å². The summed E-state index contributed by atoms with van der Waals surface area (Å²) in [5, 5.41) is 13.4. The fourth-order valence-electron chi connectivity index (χ4n) is 3.18. The third kappa shape index (κ3) is 8.57. The molecule has 3 rings (SSSR count). The molecular weight excluding hydrogens is 494 g/mol. The number of aromatic nitrogens is 3. The standard InChI is InChI=1S/C26H29N5O5S/c1-15-5-7-19(11-17(15)3)27-22(32)13-36-24(34)10-9-21-25(35)29-26(31-30-21)37-14-23(33)28-20-8-6-16(2)18(4)12-20/h5-8,11-12H,9-10,13-14H2,1-4H3,(H,27,32)(H,28,33)(H,29,31,35). The topological polar surface area (TPSA) is 143 Å². The Morgan fingerprint density at radius 3 is 2.03 bits per heavy atom. The predicted octanol–water partition coefficient (Wildman–Crippen LogP) is 3.24. The second kappa shape index (κ2) is 12.8. The first-order valence-corrected chi connectivity index (χ1v) is 12.6. The molecule has 3 N–H and O–H groups in total. The lowest BCUT2D eigenvalue weighted by molar-refractivity contribution is -0.147. The summed E-state index contributed by atoms with van der Waals surface area (Å²) in [6.07, 6.45) is -0.141. The molecule has 0 aliphatic heterocycles. The molecule has 0 unspecified atom stereocenters. The number of hydrogen-bond acceptors (Lipinski definition) is 8. The van der Waals surface area contributed by atoms with Crippen molar-refractivity contribution in [1.29, 1.82) is 0 Å². The highest BCUT2D eigenvalue weighted by molar-refractivity contribution is 7.99. The quantitative estimate of drug-likeness (QED) is 0.271. The number of thioether (sulfide) groups is 1. The van der Waals surface area contributed by atoms with Gasteiger partial charge in [0.25, 0.3) is 11.5 Å². The van der Waals surface area contributed by atoms with Gasteiger partial charge in [-0.2, -0.15) is 0 Å². The van der Waals surface area contributed by atoms with Gasteiger partial charge in [0.1, 0.15) is 5.69 Å². The molecule has 0 atom stereocenters. The lowest BCUT2D eigenvalue weighted by Gasteiger charge is -2.08. The van der Waals surface area contributed by atoms with E-state index < -0.39 is 24.0 Å². The summed E-state index contributed by atoms with van der Waals surface area (Å²) in [5.74, 6) is -1.31. The fraction of sp³-hybridized carbons (Fsp3) is 0.308. The number of carbonyl (C=O) groups excluding carboxylic acids is 3. The molecule has 37 heavy (non-hydrogen) atoms. The third-order valence-corrected chi connectivity index (χ3v) is 6.46. The Labute approximate surface area is 218 Å². The SMILES string of the molecule is Cc1ccc(NC(=O)COC(=O)CCc2nnc(SCC(=O)Nc3ccc(C)c(C)c3)[nH]c2=O)cc1C. The number of nitrogens with zero attached hydrogens (tertiary/aromatic N) is 2. The van der Waals surface area contributed by atoms with E-state index in [-0.39, 0.29) is 35.4 Å². The van der Waals surface area contributed by atoms with Crippen molar-refractivity contribution in [2.45, 2.75) is 45.7 Å². The number of hydrogen-bond donors (Lipinski definition) is 3. The lowest BCUT2D eigenvalue weighted by Crippen LogP contribution is -2.22. The minimum Gasteiger partial charge on any atom is -0.456 e. The van der Waals surface area contributed by atoms with Gasteiger partial charge in [-0.25, -0.2) is 0 Å². The maximum atomic E-state index is 12.3. The number of ether oxygens (including phenoxy) is 1. The van der Waals surface area contributed by atoms with Crippen LogP contribution >= 0.6 is 11.8 Å². The Bertz CT molecular complexity index is 1370. The highest BCUT2D eigenvalue weighted by Gasteiger charge is 2.13. The summed E-state index contributed by atoms with van der Waals surface area (Å²) in [4.78, 5) is 51.1. The van der Waals surface area contributed by atoms with Gasteiger partial charge in [-0.05, 0) is 74.2 Å². The van der Waals surface area contributed by atoms with Crippen LogP contribution in [-0.4, -0.2) is 45.3 Å². The molecule has 11 heteroatoms. The number of anilines is 2. The average molecular weight is 524 g/mol. The van der Waals surface area contributed by atoms with Crippen LogP contribution in [0.4, 0.5) is 11.4 Å². The first-order valence-electron chi connectivity index (χ1n) is 11.6. The van der Waals surface area contributed by atoms with Crippen molar-refractivity contribution in [2.24, 2.45) is 0 Å². The van der Waals surface area contributed by atoms with Gasteiger partial charge in [0, 0.05) is 17.8 Å². The third-order valence-electron chi connectivity index (χ3n) is 5.60. The van der Waals surface area contributed by atoms with Crippen LogP contribution in [-0.2, 0) is 25.5 Å². The summed E-state index contributed by atoms with van der Waals surface area (Å²) in [7, 11) is 0. The number of amides is 2. The molecule has 0 radical (unpaired) electrons. The molecule has 194 valence electrons. The Hall–Kier alpha value is -3.99. The van der Waals surface area contributed by atoms with Crippen LogP contribution in [0.5, 0.6) is 0 Å². The van der Waals surface area contributed by atoms with Crippen LogP contribution in [0.1, 0.15) is 34.4 Å². The molecular formula is C26H29N5O5S. The molecule has 2 amide bonds. The number of benzene rings is 2. The number of esters is 1. The van der Waals surface area contributed by atoms with E-state index >= 15 is 0 Å². The number of H-pyrrole nitrogens is 1. The normalized spacial score (nSPS) is 10.6. The average Bonchev–Trinajstić information content (AvgIpc) is 2.85. The van der Waals surface area contributed by atoms with Crippen molar-refractivity contribution in [2.75, 3.05) is 23.0 Å². The van der Waals surface area contributed by atoms with Crippen LogP contribution in [0.15, 0.2) is 46.3 Å². The number of carbonyl (C=O) groups is 3. The monoisotopic (exact) mass is 523 g/mol. The van der Waals surface area contributed by atoms with Crippen molar-refractivity contribution in [3.05, 3.63) is 74.7 Å². The van der Waals surface area contributed by atoms with Crippen molar-refractivity contribution in [3.63, 3.8) is 0 Å². The van der Waals surface area contributed by atoms with Crippen LogP contribution in [0.3, 0.4) is 0 Å². The van der Waals surface area contributed by atoms with Crippen LogP contribution in [0.2, 0.25) is 0 Å². The Morgan fingerprint density at radius 2 is 1.46 bits per heavy atom. The molecule has 0 aliphatic carbocycles. The van der Waals surface area contributed by atoms with Crippen molar-refractivity contribution in [3.8, 4) is 0 Å². The second-order valence-electron chi connectivity index (χ2n) is 8.55. The van der Waals surface area contributed by atoms with Gasteiger partial charge in [0.2, 0.25) is 5.91 Å². The van der Waals surface area contributed by atoms with E-state index in [0.717, 1.165) is 34.0 Å². The van der Waals surface area contributed by atoms with E-state index in [0.29, 0.717) is 11.4 Å². The molecule has 10 nitrogen and oxygen atoms in total. The number of aryl methyl sites for hydroxylation is 5. The van der Waals surface area contributed by atoms with Gasteiger partial charge in [-0.15, -0.1) is 10.2 Å². The van der Waals surface area contributed by atoms with E-state index in [1.54, 1.807) is 6.07 Å². The molecule has 2 aromatic carbocycles. The van der Waals surface area contributed by atoms with Gasteiger partial charge < -0.3 is 15.4 Å². The summed E-state index contributed by atoms with van der Waals surface area (Å²) in [6, 6.07) is 11.1. The molecule has 0 spiro atoms. The summed E-state index contributed by atoms with van der Waals surface area (Å²) >= 11 is 1.04. The highest BCUT2D eigenvalue weighted by Crippen LogP contribution is 2.16. The van der Waals surface area contributed by atoms with E-state index in [1.165, 1.54) is 0 Å². The Kier molecular flexibility index (Phi) is 9.56. The van der Waals surface area contributed by atoms with Gasteiger partial charge in [-0.3, -0.25) is 24.2 Å². The van der Waals surface area contributed by atoms with Gasteiger partial charge in [-0.1, -0.05) is 23.9 Å². The zero-order valence-corrected chi connectivity index (χ0v) is 22.0. The first-order chi connectivity index (χ1) is 17.6. The van der Waals surface area contributed by atoms with Crippen molar-refractivity contribution >= 4 is 40.9 Å². The molecule has 0 saturated carbocycles. The molecule has 0 aliphatic rings. The van der Waals surface area contributed by atoms with Gasteiger partial charge in [0.15, 0.2) is 11.8 Å². The zero-order valence-electron chi connectivity index (χ0n) is 21.1. The van der Waals surface area contributed by atoms with Crippen LogP contribution in [0.25, 0.3) is 0 Å². The van der Waals surface area contributed by atoms with E-state index in [4.69, 9.17) is 4.74 Å². The van der Waals surface area contributed by atoms with Crippen molar-refractivity contribution < 1.29 is 19.1 Å². The van der Waals surface area contributed by atoms with E-state index in [1.807, 2.05) is 58.0 Å². The number of nitrogens with one attached hydrogen (secondary N) is 3. The molecule has 1 heterocycles. The van der Waals surface area contributed by atoms with Crippen molar-refractivity contribution in [1.82, 2.24) is 15.2 Å². The van der Waals surface area contributed by atoms with Crippen LogP contribution in [0, 0.1) is 27.7 Å².